The maximum absolute atomic E-state index is 14.2. The molecule has 1 N–H and O–H groups in total. The molecule has 2 aromatic rings. The predicted molar refractivity (Wildman–Crippen MR) is 86.1 cm³/mol. The number of nitrogens with zero attached hydrogens (tertiary/aromatic N) is 2. The molecule has 1 amide bonds. The molecule has 5 heteroatoms. The first-order valence-electron chi connectivity index (χ1n) is 7.83. The van der Waals surface area contributed by atoms with Crippen LogP contribution in [0.1, 0.15) is 36.7 Å². The second-order valence-electron chi connectivity index (χ2n) is 5.89. The smallest absolute Gasteiger partial charge is 0.221 e. The number of carbonyl (C=O) groups is 1. The molecule has 4 nitrogen and oxygen atoms in total. The Bertz CT molecular complexity index is 723. The number of nitrogens with one attached hydrogen (secondary N) is 1. The minimum absolute atomic E-state index is 0.0854. The van der Waals surface area contributed by atoms with E-state index in [2.05, 4.69) is 22.5 Å². The van der Waals surface area contributed by atoms with Crippen LogP contribution in [0.15, 0.2) is 48.8 Å². The van der Waals surface area contributed by atoms with Crippen LogP contribution in [0.5, 0.6) is 0 Å². The van der Waals surface area contributed by atoms with Gasteiger partial charge in [-0.05, 0) is 24.8 Å². The highest BCUT2D eigenvalue weighted by Gasteiger charge is 2.24. The van der Waals surface area contributed by atoms with E-state index in [0.717, 1.165) is 12.8 Å². The van der Waals surface area contributed by atoms with Crippen molar-refractivity contribution in [1.82, 2.24) is 14.9 Å². The predicted octanol–water partition coefficient (Wildman–Crippen LogP) is 3.12. The van der Waals surface area contributed by atoms with Crippen molar-refractivity contribution in [2.45, 2.75) is 25.3 Å². The minimum atomic E-state index is -0.589. The van der Waals surface area contributed by atoms with E-state index < -0.39 is 6.04 Å². The molecule has 0 fully saturated rings. The van der Waals surface area contributed by atoms with Crippen molar-refractivity contribution >= 4 is 5.91 Å². The number of allylic oxidation sites excluding steroid dienone is 2. The highest BCUT2D eigenvalue weighted by molar-refractivity contribution is 5.77. The molecule has 1 heterocycles. The van der Waals surface area contributed by atoms with Crippen molar-refractivity contribution in [1.29, 1.82) is 0 Å². The molecule has 2 atom stereocenters. The average molecular weight is 313 g/mol. The summed E-state index contributed by atoms with van der Waals surface area (Å²) in [6, 6.07) is 5.90. The van der Waals surface area contributed by atoms with Gasteiger partial charge in [-0.3, -0.25) is 4.79 Å². The largest absolute Gasteiger partial charge is 0.342 e. The van der Waals surface area contributed by atoms with Gasteiger partial charge in [0.2, 0.25) is 5.91 Å². The van der Waals surface area contributed by atoms with Gasteiger partial charge in [-0.1, -0.05) is 30.4 Å². The van der Waals surface area contributed by atoms with Crippen molar-refractivity contribution in [2.24, 2.45) is 13.0 Å². The number of imidazole rings is 1. The first-order valence-corrected chi connectivity index (χ1v) is 7.83. The number of halogens is 1. The van der Waals surface area contributed by atoms with Gasteiger partial charge in [0.25, 0.3) is 0 Å². The van der Waals surface area contributed by atoms with Crippen molar-refractivity contribution in [2.75, 3.05) is 0 Å². The van der Waals surface area contributed by atoms with Crippen molar-refractivity contribution in [3.63, 3.8) is 0 Å². The number of benzene rings is 1. The van der Waals surface area contributed by atoms with Crippen LogP contribution in [-0.2, 0) is 11.8 Å². The molecule has 0 aliphatic heterocycles. The van der Waals surface area contributed by atoms with E-state index in [9.17, 15) is 9.18 Å². The van der Waals surface area contributed by atoms with E-state index in [0.29, 0.717) is 17.8 Å². The molecular weight excluding hydrogens is 293 g/mol. The molecule has 0 saturated heterocycles. The average Bonchev–Trinajstić information content (AvgIpc) is 3.17. The van der Waals surface area contributed by atoms with Crippen LogP contribution in [-0.4, -0.2) is 15.5 Å². The van der Waals surface area contributed by atoms with E-state index in [-0.39, 0.29) is 17.6 Å². The van der Waals surface area contributed by atoms with Crippen LogP contribution in [0.4, 0.5) is 4.39 Å². The van der Waals surface area contributed by atoms with Crippen LogP contribution in [0.3, 0.4) is 0 Å². The summed E-state index contributed by atoms with van der Waals surface area (Å²) in [7, 11) is 1.84. The topological polar surface area (TPSA) is 46.9 Å². The van der Waals surface area contributed by atoms with Crippen molar-refractivity contribution in [3.8, 4) is 0 Å². The summed E-state index contributed by atoms with van der Waals surface area (Å²) >= 11 is 0. The summed E-state index contributed by atoms with van der Waals surface area (Å²) < 4.78 is 16.0. The zero-order valence-corrected chi connectivity index (χ0v) is 13.1. The van der Waals surface area contributed by atoms with Gasteiger partial charge >= 0.3 is 0 Å². The molecule has 2 unspecified atom stereocenters. The highest BCUT2D eigenvalue weighted by Crippen LogP contribution is 2.25. The lowest BCUT2D eigenvalue weighted by molar-refractivity contribution is -0.122. The third-order valence-corrected chi connectivity index (χ3v) is 4.20. The molecule has 0 radical (unpaired) electrons. The van der Waals surface area contributed by atoms with Crippen molar-refractivity contribution in [3.05, 3.63) is 66.0 Å². The Morgan fingerprint density at radius 2 is 2.30 bits per heavy atom. The van der Waals surface area contributed by atoms with E-state index >= 15 is 0 Å². The van der Waals surface area contributed by atoms with Crippen LogP contribution in [0.25, 0.3) is 0 Å². The summed E-state index contributed by atoms with van der Waals surface area (Å²) in [6.45, 7) is 0. The second-order valence-corrected chi connectivity index (χ2v) is 5.89. The van der Waals surface area contributed by atoms with Gasteiger partial charge in [0.15, 0.2) is 0 Å². The number of hydrogen-bond donors (Lipinski definition) is 1. The molecule has 0 spiro atoms. The fourth-order valence-corrected chi connectivity index (χ4v) is 2.97. The first-order chi connectivity index (χ1) is 11.1. The fraction of sp³-hybridized carbons (Fsp3) is 0.333. The number of aryl methyl sites for hydroxylation is 1. The normalized spacial score (nSPS) is 18.1. The van der Waals surface area contributed by atoms with Gasteiger partial charge in [-0.25, -0.2) is 9.37 Å². The van der Waals surface area contributed by atoms with Crippen LogP contribution < -0.4 is 5.32 Å². The Balaban J connectivity index is 1.84. The minimum Gasteiger partial charge on any atom is -0.342 e. The lowest BCUT2D eigenvalue weighted by Gasteiger charge is -2.20. The second kappa shape index (κ2) is 6.77. The summed E-state index contributed by atoms with van der Waals surface area (Å²) in [5, 5.41) is 2.95. The van der Waals surface area contributed by atoms with Gasteiger partial charge < -0.3 is 9.88 Å². The summed E-state index contributed by atoms with van der Waals surface area (Å²) in [4.78, 5) is 16.7. The fourth-order valence-electron chi connectivity index (χ4n) is 2.97. The Kier molecular flexibility index (Phi) is 4.55. The van der Waals surface area contributed by atoms with E-state index in [1.165, 1.54) is 6.07 Å². The van der Waals surface area contributed by atoms with Gasteiger partial charge in [0.1, 0.15) is 17.7 Å². The SMILES string of the molecule is Cn1ccnc1C(NC(=O)CC1C=CCC1)c1ccccc1F. The van der Waals surface area contributed by atoms with Gasteiger partial charge in [0.05, 0.1) is 0 Å². The molecular formula is C18H20FN3O. The van der Waals surface area contributed by atoms with E-state index in [1.807, 2.05) is 7.05 Å². The molecule has 1 aliphatic carbocycles. The van der Waals surface area contributed by atoms with Gasteiger partial charge in [-0.2, -0.15) is 0 Å². The summed E-state index contributed by atoms with van der Waals surface area (Å²) in [5.74, 6) is 0.461. The number of aromatic nitrogens is 2. The maximum Gasteiger partial charge on any atom is 0.221 e. The maximum atomic E-state index is 14.2. The molecule has 1 aromatic heterocycles. The monoisotopic (exact) mass is 313 g/mol. The lowest BCUT2D eigenvalue weighted by atomic mass is 10.0. The molecule has 120 valence electrons. The Morgan fingerprint density at radius 1 is 1.48 bits per heavy atom. The zero-order valence-electron chi connectivity index (χ0n) is 13.1. The van der Waals surface area contributed by atoms with Gasteiger partial charge in [-0.15, -0.1) is 0 Å². The Morgan fingerprint density at radius 3 is 2.96 bits per heavy atom. The molecule has 1 aromatic carbocycles. The Hall–Kier alpha value is -2.43. The van der Waals surface area contributed by atoms with Crippen LogP contribution >= 0.6 is 0 Å². The van der Waals surface area contributed by atoms with Crippen molar-refractivity contribution < 1.29 is 9.18 Å². The number of amides is 1. The molecule has 3 rings (SSSR count). The zero-order chi connectivity index (χ0) is 16.2. The molecule has 1 aliphatic rings. The third-order valence-electron chi connectivity index (χ3n) is 4.20. The first kappa shape index (κ1) is 15.5. The third kappa shape index (κ3) is 3.50. The molecule has 23 heavy (non-hydrogen) atoms. The van der Waals surface area contributed by atoms with E-state index in [4.69, 9.17) is 0 Å². The summed E-state index contributed by atoms with van der Waals surface area (Å²) in [6.07, 6.45) is 10.1. The van der Waals surface area contributed by atoms with Crippen LogP contribution in [0, 0.1) is 11.7 Å². The number of carbonyl (C=O) groups excluding carboxylic acids is 1. The Labute approximate surface area is 135 Å². The van der Waals surface area contributed by atoms with E-state index in [1.54, 1.807) is 35.2 Å². The summed E-state index contributed by atoms with van der Waals surface area (Å²) in [5.41, 5.74) is 0.428. The lowest BCUT2D eigenvalue weighted by Crippen LogP contribution is -2.32. The number of hydrogen-bond acceptors (Lipinski definition) is 2. The van der Waals surface area contributed by atoms with Crippen LogP contribution in [0.2, 0.25) is 0 Å². The quantitative estimate of drug-likeness (QED) is 0.862. The van der Waals surface area contributed by atoms with Gasteiger partial charge in [0, 0.05) is 31.4 Å². The standard InChI is InChI=1S/C18H20FN3O/c1-22-11-10-20-18(22)17(14-8-4-5-9-15(14)19)21-16(23)12-13-6-2-3-7-13/h2,4-6,8-11,13,17H,3,7,12H2,1H3,(H,21,23). The molecule has 0 bridgehead atoms. The molecule has 0 saturated carbocycles. The highest BCUT2D eigenvalue weighted by atomic mass is 19.1. The number of rotatable bonds is 5.